The van der Waals surface area contributed by atoms with Gasteiger partial charge in [0.2, 0.25) is 21.8 Å². The van der Waals surface area contributed by atoms with Gasteiger partial charge in [-0.3, -0.25) is 18.7 Å². The van der Waals surface area contributed by atoms with E-state index in [0.29, 0.717) is 21.2 Å². The maximum Gasteiger partial charge on any atom is 0.244 e. The average Bonchev–Trinajstić information content (AvgIpc) is 3.48. The molecule has 0 aromatic heterocycles. The Morgan fingerprint density at radius 1 is 0.930 bits per heavy atom. The van der Waals surface area contributed by atoms with Gasteiger partial charge in [-0.25, -0.2) is 8.42 Å². The number of ketones is 1. The molecule has 0 bridgehead atoms. The predicted octanol–water partition coefficient (Wildman–Crippen LogP) is 5.66. The van der Waals surface area contributed by atoms with Gasteiger partial charge in [0.15, 0.2) is 5.78 Å². The van der Waals surface area contributed by atoms with Crippen LogP contribution in [-0.2, 0) is 32.6 Å². The molecule has 0 unspecified atom stereocenters. The smallest absolute Gasteiger partial charge is 0.244 e. The van der Waals surface area contributed by atoms with Crippen molar-refractivity contribution in [3.8, 4) is 0 Å². The number of carbonyl (C=O) groups is 3. The third-order valence-electron chi connectivity index (χ3n) is 7.58. The standard InChI is InChI=1S/C32H35Cl2N3O5S/c1-22(38)24-12-8-15-26(19-24)37(43(2,41)42)21-31(39)36(20-27-28(33)16-9-17-29(27)34)30(18-23-10-4-3-5-11-23)32(40)35-25-13-6-7-14-25/h3-5,8-12,15-17,19,25,30H,6-7,13-14,18,20-21H2,1-2H3,(H,35,40)/t30-/m0/s1. The lowest BCUT2D eigenvalue weighted by Crippen LogP contribution is -2.54. The molecule has 11 heteroatoms. The fourth-order valence-corrected chi connectivity index (χ4v) is 6.63. The highest BCUT2D eigenvalue weighted by Crippen LogP contribution is 2.28. The van der Waals surface area contributed by atoms with Gasteiger partial charge in [0, 0.05) is 40.2 Å². The van der Waals surface area contributed by atoms with Crippen molar-refractivity contribution in [1.82, 2.24) is 10.2 Å². The van der Waals surface area contributed by atoms with E-state index in [0.717, 1.165) is 41.8 Å². The van der Waals surface area contributed by atoms with Crippen LogP contribution in [0.3, 0.4) is 0 Å². The highest BCUT2D eigenvalue weighted by atomic mass is 35.5. The first-order valence-electron chi connectivity index (χ1n) is 14.1. The first-order valence-corrected chi connectivity index (χ1v) is 16.7. The number of benzene rings is 3. The van der Waals surface area contributed by atoms with Crippen molar-refractivity contribution in [2.45, 2.75) is 57.7 Å². The van der Waals surface area contributed by atoms with Crippen LogP contribution in [0, 0.1) is 0 Å². The largest absolute Gasteiger partial charge is 0.352 e. The molecule has 2 amide bonds. The summed E-state index contributed by atoms with van der Waals surface area (Å²) in [5.41, 5.74) is 1.73. The molecule has 3 aromatic rings. The molecule has 1 atom stereocenters. The Kier molecular flexibility index (Phi) is 10.9. The van der Waals surface area contributed by atoms with Crippen LogP contribution in [0.4, 0.5) is 5.69 Å². The van der Waals surface area contributed by atoms with Crippen molar-refractivity contribution >= 4 is 56.5 Å². The minimum atomic E-state index is -3.98. The molecule has 228 valence electrons. The van der Waals surface area contributed by atoms with Crippen LogP contribution >= 0.6 is 23.2 Å². The first-order chi connectivity index (χ1) is 20.4. The molecular formula is C32H35Cl2N3O5S. The summed E-state index contributed by atoms with van der Waals surface area (Å²) in [6.45, 7) is 0.642. The average molecular weight is 645 g/mol. The lowest BCUT2D eigenvalue weighted by Gasteiger charge is -2.34. The van der Waals surface area contributed by atoms with E-state index >= 15 is 0 Å². The quantitative estimate of drug-likeness (QED) is 0.257. The van der Waals surface area contributed by atoms with E-state index in [1.165, 1.54) is 24.0 Å². The fraction of sp³-hybridized carbons (Fsp3) is 0.344. The molecule has 4 rings (SSSR count). The normalized spacial score (nSPS) is 14.2. The summed E-state index contributed by atoms with van der Waals surface area (Å²) in [4.78, 5) is 41.6. The van der Waals surface area contributed by atoms with Crippen LogP contribution in [-0.4, -0.2) is 55.8 Å². The summed E-state index contributed by atoms with van der Waals surface area (Å²) in [5.74, 6) is -1.21. The van der Waals surface area contributed by atoms with Gasteiger partial charge in [0.05, 0.1) is 11.9 Å². The Labute approximate surface area is 263 Å². The number of hydrogen-bond acceptors (Lipinski definition) is 5. The highest BCUT2D eigenvalue weighted by molar-refractivity contribution is 7.92. The molecule has 8 nitrogen and oxygen atoms in total. The van der Waals surface area contributed by atoms with Gasteiger partial charge in [-0.15, -0.1) is 0 Å². The Balaban J connectivity index is 1.77. The summed E-state index contributed by atoms with van der Waals surface area (Å²) in [5, 5.41) is 3.74. The number of anilines is 1. The van der Waals surface area contributed by atoms with E-state index in [1.54, 1.807) is 30.3 Å². The molecule has 1 saturated carbocycles. The van der Waals surface area contributed by atoms with E-state index in [4.69, 9.17) is 23.2 Å². The van der Waals surface area contributed by atoms with Gasteiger partial charge in [-0.05, 0) is 49.6 Å². The summed E-state index contributed by atoms with van der Waals surface area (Å²) < 4.78 is 27.0. The van der Waals surface area contributed by atoms with Crippen molar-refractivity contribution < 1.29 is 22.8 Å². The molecule has 0 aliphatic heterocycles. The van der Waals surface area contributed by atoms with Crippen molar-refractivity contribution in [2.24, 2.45) is 0 Å². The Morgan fingerprint density at radius 3 is 2.16 bits per heavy atom. The minimum absolute atomic E-state index is 0.00605. The van der Waals surface area contributed by atoms with Crippen LogP contribution < -0.4 is 9.62 Å². The summed E-state index contributed by atoms with van der Waals surface area (Å²) >= 11 is 13.0. The van der Waals surface area contributed by atoms with Crippen molar-refractivity contribution in [1.29, 1.82) is 0 Å². The number of halogens is 2. The van der Waals surface area contributed by atoms with E-state index < -0.39 is 28.5 Å². The van der Waals surface area contributed by atoms with Gasteiger partial charge in [-0.1, -0.05) is 84.6 Å². The van der Waals surface area contributed by atoms with E-state index in [2.05, 4.69) is 5.32 Å². The lowest BCUT2D eigenvalue weighted by atomic mass is 10.0. The predicted molar refractivity (Wildman–Crippen MR) is 170 cm³/mol. The van der Waals surface area contributed by atoms with Crippen LogP contribution in [0.1, 0.15) is 54.1 Å². The maximum atomic E-state index is 14.3. The molecule has 1 N–H and O–H groups in total. The second-order valence-corrected chi connectivity index (χ2v) is 13.5. The van der Waals surface area contributed by atoms with Gasteiger partial charge >= 0.3 is 0 Å². The minimum Gasteiger partial charge on any atom is -0.352 e. The Bertz CT molecular complexity index is 1560. The Hall–Kier alpha value is -3.40. The van der Waals surface area contributed by atoms with Gasteiger partial charge in [-0.2, -0.15) is 0 Å². The van der Waals surface area contributed by atoms with E-state index in [1.807, 2.05) is 30.3 Å². The molecule has 3 aromatic carbocycles. The zero-order chi connectivity index (χ0) is 31.1. The number of amides is 2. The Morgan fingerprint density at radius 2 is 1.56 bits per heavy atom. The summed E-state index contributed by atoms with van der Waals surface area (Å²) in [6, 6.07) is 19.4. The number of rotatable bonds is 12. The molecule has 0 radical (unpaired) electrons. The van der Waals surface area contributed by atoms with E-state index in [9.17, 15) is 22.8 Å². The molecule has 43 heavy (non-hydrogen) atoms. The number of nitrogens with one attached hydrogen (secondary N) is 1. The third kappa shape index (κ3) is 8.59. The first kappa shape index (κ1) is 32.5. The molecule has 1 aliphatic rings. The monoisotopic (exact) mass is 643 g/mol. The topological polar surface area (TPSA) is 104 Å². The highest BCUT2D eigenvalue weighted by Gasteiger charge is 2.35. The van der Waals surface area contributed by atoms with Crippen LogP contribution in [0.5, 0.6) is 0 Å². The van der Waals surface area contributed by atoms with Crippen LogP contribution in [0.2, 0.25) is 10.0 Å². The van der Waals surface area contributed by atoms with Crippen LogP contribution in [0.25, 0.3) is 0 Å². The van der Waals surface area contributed by atoms with E-state index in [-0.39, 0.29) is 36.4 Å². The number of sulfonamides is 1. The molecule has 1 aliphatic carbocycles. The summed E-state index contributed by atoms with van der Waals surface area (Å²) in [6.07, 6.45) is 4.89. The van der Waals surface area contributed by atoms with Gasteiger partial charge in [0.25, 0.3) is 0 Å². The zero-order valence-electron chi connectivity index (χ0n) is 24.1. The summed E-state index contributed by atoms with van der Waals surface area (Å²) in [7, 11) is -3.98. The molecule has 0 heterocycles. The van der Waals surface area contributed by atoms with Crippen molar-refractivity contribution in [2.75, 3.05) is 17.1 Å². The molecule has 1 fully saturated rings. The third-order valence-corrected chi connectivity index (χ3v) is 9.43. The number of Topliss-reactive ketones (excluding diaryl/α,β-unsaturated/α-hetero) is 1. The van der Waals surface area contributed by atoms with Crippen molar-refractivity contribution in [3.05, 3.63) is 99.5 Å². The zero-order valence-corrected chi connectivity index (χ0v) is 26.5. The van der Waals surface area contributed by atoms with Gasteiger partial charge < -0.3 is 10.2 Å². The van der Waals surface area contributed by atoms with Gasteiger partial charge in [0.1, 0.15) is 12.6 Å². The lowest BCUT2D eigenvalue weighted by molar-refractivity contribution is -0.140. The number of carbonyl (C=O) groups excluding carboxylic acids is 3. The molecule has 0 spiro atoms. The second-order valence-electron chi connectivity index (χ2n) is 10.8. The second kappa shape index (κ2) is 14.4. The maximum absolute atomic E-state index is 14.3. The molecular weight excluding hydrogens is 609 g/mol. The molecule has 0 saturated heterocycles. The van der Waals surface area contributed by atoms with Crippen LogP contribution in [0.15, 0.2) is 72.8 Å². The van der Waals surface area contributed by atoms with Crippen molar-refractivity contribution in [3.63, 3.8) is 0 Å². The SMILES string of the molecule is CC(=O)c1cccc(N(CC(=O)N(Cc2c(Cl)cccc2Cl)[C@@H](Cc2ccccc2)C(=O)NC2CCCC2)S(C)(=O)=O)c1. The number of nitrogens with zero attached hydrogens (tertiary/aromatic N) is 2. The fourth-order valence-electron chi connectivity index (χ4n) is 5.27. The number of hydrogen-bond donors (Lipinski definition) is 1.